The van der Waals surface area contributed by atoms with Gasteiger partial charge in [0.2, 0.25) is 45.6 Å². The summed E-state index contributed by atoms with van der Waals surface area (Å²) < 4.78 is 212. The summed E-state index contributed by atoms with van der Waals surface area (Å²) in [7, 11) is 7.37. The molecule has 2 atom stereocenters. The Kier molecular flexibility index (Phi) is 16.2. The third kappa shape index (κ3) is 15.8. The number of nitrogens with zero attached hydrogens (tertiary/aromatic N) is 8. The molecule has 0 amide bonds. The normalized spacial score (nSPS) is 16.8. The molecule has 12 aromatic heterocycles. The van der Waals surface area contributed by atoms with Gasteiger partial charge >= 0.3 is 0 Å². The molecule has 0 aliphatic rings. The van der Waals surface area contributed by atoms with Crippen LogP contribution in [0.1, 0.15) is 260 Å². The molecule has 2 unspecified atom stereocenters. The Labute approximate surface area is 699 Å². The lowest BCUT2D eigenvalue weighted by Gasteiger charge is -2.16. The van der Waals surface area contributed by atoms with E-state index in [-0.39, 0.29) is 11.1 Å². The third-order valence-corrected chi connectivity index (χ3v) is 21.4. The van der Waals surface area contributed by atoms with Crippen molar-refractivity contribution in [2.45, 2.75) is 207 Å². The van der Waals surface area contributed by atoms with Crippen LogP contribution in [0.25, 0.3) is 133 Å². The average molecular weight is 1530 g/mol. The van der Waals surface area contributed by atoms with Crippen LogP contribution in [0.5, 0.6) is 0 Å². The molecule has 0 aliphatic heterocycles. The number of rotatable bonds is 14. The molecule has 0 spiro atoms. The molecule has 0 aliphatic carbocycles. The lowest BCUT2D eigenvalue weighted by Crippen LogP contribution is -2.32. The minimum atomic E-state index is -3.37. The largest absolute Gasteiger partial charge is 0.437 e. The first kappa shape index (κ1) is 56.5. The van der Waals surface area contributed by atoms with Gasteiger partial charge in [-0.2, -0.15) is 0 Å². The van der Waals surface area contributed by atoms with E-state index in [9.17, 15) is 0 Å². The molecule has 0 saturated carbocycles. The summed E-state index contributed by atoms with van der Waals surface area (Å²) in [6, 6.07) is 39.2. The Balaban J connectivity index is 0.000000154. The van der Waals surface area contributed by atoms with Crippen LogP contribution < -0.4 is 18.3 Å². The SMILES string of the molecule is Cc1ccc2c(n1)oc1c(-c3cc(C(C)C)c(CC(C)C)c[n+]3C)c(C)ccc12.Cc1ccc2c(oc3ncccc32)c1-c1cc(C(C)C)c(CC(C)C)c[n+]1C.[2H]C([2H])([2H])C([2H])(C)c1cc(-c2c(C)ccc3c2oc2nc(C)ccc23)[n+](C)cc1C([2H])(C([2H])([2H])[2H])C([2H])([2H])[2H].[2H]C([2H])([2H])C([2H])(C)c1cc(-c2c(C)ccc3c2oc2nc(C)ccc23)[n+](C)cc1C([2H])(C([2H])([2H])[2H])C([2H])([2H])[2H]. The Morgan fingerprint density at radius 1 is 0.327 bits per heavy atom. The van der Waals surface area contributed by atoms with Crippen molar-refractivity contribution in [2.75, 3.05) is 0 Å². The second kappa shape index (κ2) is 32.4. The van der Waals surface area contributed by atoms with Crippen molar-refractivity contribution in [3.63, 3.8) is 0 Å². The minimum Gasteiger partial charge on any atom is -0.437 e. The minimum absolute atomic E-state index is 0.355. The predicted octanol–water partition coefficient (Wildman–Crippen LogP) is 25.2. The van der Waals surface area contributed by atoms with Gasteiger partial charge in [-0.15, -0.1) is 0 Å². The molecule has 0 radical (unpaired) electrons. The van der Waals surface area contributed by atoms with Crippen LogP contribution in [-0.4, -0.2) is 19.9 Å². The van der Waals surface area contributed by atoms with E-state index < -0.39 is 75.8 Å². The predicted molar refractivity (Wildman–Crippen MR) is 467 cm³/mol. The van der Waals surface area contributed by atoms with Crippen LogP contribution in [0.2, 0.25) is 0 Å². The van der Waals surface area contributed by atoms with E-state index in [0.717, 1.165) is 133 Å². The second-order valence-electron chi connectivity index (χ2n) is 31.9. The number of pyridine rings is 8. The molecule has 113 heavy (non-hydrogen) atoms. The Hall–Kier alpha value is -10.7. The Bertz CT molecular complexity index is 7030. The first-order valence-electron chi connectivity index (χ1n) is 49.7. The number of aryl methyl sites for hydroxylation is 11. The highest BCUT2D eigenvalue weighted by Crippen LogP contribution is 2.44. The van der Waals surface area contributed by atoms with Gasteiger partial charge in [0.1, 0.15) is 28.2 Å². The molecule has 0 saturated heterocycles. The van der Waals surface area contributed by atoms with E-state index in [1.807, 2.05) is 89.2 Å². The maximum absolute atomic E-state index is 8.85. The van der Waals surface area contributed by atoms with Crippen molar-refractivity contribution >= 4 is 88.3 Å². The standard InChI is InChI=1S/C26H31N2O.3C25H29N2O/c1-15(2)12-19-14-28(7)23(13-22(19)16(3)4)24-17(5)8-10-20-21-11-9-18(6)27-26(21)29-25(20)24;2*1-14(2)20-12-22(27(7)13-21(20)15(3)4)23-16(5)8-10-18-19-11-9-17(6)26-25(19)28-24(18)23;1-15(2)12-18-14-27(6)22(13-21(18)16(3)4)23-17(5)9-10-19-20-8-7-11-26-25(20)28-24(19)23/h8-11,13-16H,12H2,1-7H3;2*8-15H,1-7H3;7-11,13-16H,12H2,1-6H3/q4*+1/i;2*1D3,3D3,4D3,14D,15D;. The van der Waals surface area contributed by atoms with Gasteiger partial charge in [-0.05, 0) is 202 Å². The van der Waals surface area contributed by atoms with Crippen LogP contribution in [0.15, 0.2) is 170 Å². The van der Waals surface area contributed by atoms with Gasteiger partial charge in [0.25, 0.3) is 0 Å². The molecule has 12 heteroatoms. The number of fused-ring (bicyclic) bond motifs is 12. The van der Waals surface area contributed by atoms with Crippen molar-refractivity contribution in [2.24, 2.45) is 40.0 Å². The molecule has 0 fully saturated rings. The van der Waals surface area contributed by atoms with Crippen molar-refractivity contribution in [3.8, 4) is 45.0 Å². The van der Waals surface area contributed by atoms with Crippen LogP contribution in [0.4, 0.5) is 0 Å². The molecule has 4 aromatic carbocycles. The van der Waals surface area contributed by atoms with E-state index in [1.54, 1.807) is 20.3 Å². The summed E-state index contributed by atoms with van der Waals surface area (Å²) in [6.45, 7) is 14.6. The molecule has 12 nitrogen and oxygen atoms in total. The van der Waals surface area contributed by atoms with Gasteiger partial charge in [-0.25, -0.2) is 38.2 Å². The lowest BCUT2D eigenvalue weighted by atomic mass is 9.90. The molecular weight excluding hydrogens is 1390 g/mol. The summed E-state index contributed by atoms with van der Waals surface area (Å²) in [5.74, 6) is -9.11. The molecule has 0 bridgehead atoms. The van der Waals surface area contributed by atoms with Gasteiger partial charge in [0.05, 0.1) is 22.3 Å². The molecular formula is C101H118N8O4+4. The summed E-state index contributed by atoms with van der Waals surface area (Å²) in [6.07, 6.45) is 10.9. The highest BCUT2D eigenvalue weighted by Gasteiger charge is 2.31. The first-order chi connectivity index (χ1) is 62.4. The van der Waals surface area contributed by atoms with Gasteiger partial charge in [-0.3, -0.25) is 0 Å². The maximum atomic E-state index is 8.85. The number of furan rings is 4. The molecule has 16 rings (SSSR count). The summed E-state index contributed by atoms with van der Waals surface area (Å²) in [4.78, 5) is 18.0. The first-order valence-corrected chi connectivity index (χ1v) is 38.7. The van der Waals surface area contributed by atoms with Crippen molar-refractivity contribution in [1.82, 2.24) is 19.9 Å². The molecule has 582 valence electrons. The van der Waals surface area contributed by atoms with Gasteiger partial charge < -0.3 is 17.7 Å². The zero-order chi connectivity index (χ0) is 99.9. The fraction of sp³-hybridized carbons (Fsp3) is 0.366. The monoisotopic (exact) mass is 1530 g/mol. The topological polar surface area (TPSA) is 120 Å². The van der Waals surface area contributed by atoms with Crippen LogP contribution >= 0.6 is 0 Å². The number of benzene rings is 4. The second-order valence-corrected chi connectivity index (χ2v) is 31.9. The summed E-state index contributed by atoms with van der Waals surface area (Å²) in [5.41, 5.74) is 21.6. The summed E-state index contributed by atoms with van der Waals surface area (Å²) in [5, 5.41) is 7.42. The smallest absolute Gasteiger partial charge is 0.227 e. The lowest BCUT2D eigenvalue weighted by molar-refractivity contribution is -0.661. The summed E-state index contributed by atoms with van der Waals surface area (Å²) >= 11 is 0. The number of hydrogen-bond acceptors (Lipinski definition) is 8. The van der Waals surface area contributed by atoms with Crippen LogP contribution in [0.3, 0.4) is 0 Å². The highest BCUT2D eigenvalue weighted by atomic mass is 16.4. The molecule has 12 heterocycles. The van der Waals surface area contributed by atoms with E-state index in [0.29, 0.717) is 74.5 Å². The fourth-order valence-corrected chi connectivity index (χ4v) is 15.8. The quantitative estimate of drug-likeness (QED) is 0.0988. The van der Waals surface area contributed by atoms with E-state index in [2.05, 4.69) is 179 Å². The van der Waals surface area contributed by atoms with Crippen molar-refractivity contribution in [1.29, 1.82) is 0 Å². The highest BCUT2D eigenvalue weighted by molar-refractivity contribution is 6.12. The van der Waals surface area contributed by atoms with Crippen LogP contribution in [0, 0.1) is 60.3 Å². The van der Waals surface area contributed by atoms with Crippen LogP contribution in [-0.2, 0) is 41.0 Å². The Morgan fingerprint density at radius 2 is 0.611 bits per heavy atom. The van der Waals surface area contributed by atoms with Gasteiger partial charge in [-0.1, -0.05) is 159 Å². The fourth-order valence-electron chi connectivity index (χ4n) is 15.8. The number of aromatic nitrogens is 8. The van der Waals surface area contributed by atoms with E-state index in [1.165, 1.54) is 71.6 Å². The third-order valence-electron chi connectivity index (χ3n) is 21.4. The van der Waals surface area contributed by atoms with Crippen molar-refractivity contribution in [3.05, 3.63) is 236 Å². The zero-order valence-corrected chi connectivity index (χ0v) is 68.9. The van der Waals surface area contributed by atoms with Gasteiger partial charge in [0.15, 0.2) is 47.1 Å². The van der Waals surface area contributed by atoms with Crippen molar-refractivity contribution < 1.29 is 66.1 Å². The Morgan fingerprint density at radius 3 is 0.912 bits per heavy atom. The van der Waals surface area contributed by atoms with Gasteiger partial charge in [0, 0.05) is 143 Å². The maximum Gasteiger partial charge on any atom is 0.227 e. The average Bonchev–Trinajstić information content (AvgIpc) is 1.70. The zero-order valence-electron chi connectivity index (χ0n) is 90.9. The van der Waals surface area contributed by atoms with E-state index in [4.69, 9.17) is 47.8 Å². The molecule has 16 aromatic rings. The van der Waals surface area contributed by atoms with E-state index >= 15 is 0 Å². The number of hydrogen-bond donors (Lipinski definition) is 0. The molecule has 0 N–H and O–H groups in total.